The molecule has 20 heavy (non-hydrogen) atoms. The zero-order valence-corrected chi connectivity index (χ0v) is 11.5. The Morgan fingerprint density at radius 1 is 1.20 bits per heavy atom. The highest BCUT2D eigenvalue weighted by molar-refractivity contribution is 6.30. The number of hydrogen-bond acceptors (Lipinski definition) is 4. The minimum atomic E-state index is 0.0223. The van der Waals surface area contributed by atoms with Crippen LogP contribution in [0.25, 0.3) is 0 Å². The van der Waals surface area contributed by atoms with Gasteiger partial charge >= 0.3 is 0 Å². The van der Waals surface area contributed by atoms with Crippen molar-refractivity contribution in [2.75, 3.05) is 11.4 Å². The molecule has 102 valence electrons. The molecule has 0 bridgehead atoms. The zero-order chi connectivity index (χ0) is 14.1. The first kappa shape index (κ1) is 12.8. The Bertz CT molecular complexity index is 654. The summed E-state index contributed by atoms with van der Waals surface area (Å²) in [7, 11) is 0. The molecule has 0 aromatic heterocycles. The summed E-state index contributed by atoms with van der Waals surface area (Å²) in [5.41, 5.74) is 7.96. The summed E-state index contributed by atoms with van der Waals surface area (Å²) in [5, 5.41) is 10.0. The van der Waals surface area contributed by atoms with Crippen molar-refractivity contribution < 1.29 is 5.11 Å². The van der Waals surface area contributed by atoms with E-state index in [1.54, 1.807) is 12.1 Å². The normalized spacial score (nSPS) is 18.1. The first-order valence-electron chi connectivity index (χ1n) is 6.29. The molecule has 0 saturated carbocycles. The number of guanidine groups is 1. The number of phenols is 1. The van der Waals surface area contributed by atoms with E-state index in [1.165, 1.54) is 0 Å². The first-order chi connectivity index (χ1) is 9.65. The molecule has 0 saturated heterocycles. The number of halogens is 1. The second-order valence-electron chi connectivity index (χ2n) is 4.66. The maximum Gasteiger partial charge on any atom is 0.196 e. The highest BCUT2D eigenvalue weighted by atomic mass is 35.5. The monoisotopic (exact) mass is 287 g/mol. The highest BCUT2D eigenvalue weighted by Gasteiger charge is 2.28. The number of aromatic hydroxyl groups is 1. The summed E-state index contributed by atoms with van der Waals surface area (Å²) in [6.45, 7) is 0.586. The van der Waals surface area contributed by atoms with Gasteiger partial charge in [-0.25, -0.2) is 0 Å². The number of rotatable bonds is 2. The lowest BCUT2D eigenvalue weighted by atomic mass is 10.1. The number of hydrogen-bond donors (Lipinski definition) is 2. The average molecular weight is 288 g/mol. The SMILES string of the molecule is NC1=NCC(c2ccc(O)cc2)N1c1cccc(Cl)c1. The van der Waals surface area contributed by atoms with E-state index < -0.39 is 0 Å². The molecule has 0 aliphatic carbocycles. The predicted molar refractivity (Wildman–Crippen MR) is 81.3 cm³/mol. The van der Waals surface area contributed by atoms with Gasteiger partial charge in [0.1, 0.15) is 5.75 Å². The Kier molecular flexibility index (Phi) is 3.24. The van der Waals surface area contributed by atoms with Crippen molar-refractivity contribution in [1.82, 2.24) is 0 Å². The molecular formula is C15H14ClN3O. The minimum absolute atomic E-state index is 0.0223. The van der Waals surface area contributed by atoms with Crippen LogP contribution in [0.4, 0.5) is 5.69 Å². The van der Waals surface area contributed by atoms with Gasteiger partial charge in [-0.15, -0.1) is 0 Å². The third kappa shape index (κ3) is 2.30. The van der Waals surface area contributed by atoms with Crippen molar-refractivity contribution in [2.45, 2.75) is 6.04 Å². The number of aliphatic imine (C=N–C) groups is 1. The van der Waals surface area contributed by atoms with Crippen LogP contribution in [0.3, 0.4) is 0 Å². The Balaban J connectivity index is 1.98. The zero-order valence-electron chi connectivity index (χ0n) is 10.7. The summed E-state index contributed by atoms with van der Waals surface area (Å²) >= 11 is 6.05. The standard InChI is InChI=1S/C15H14ClN3O/c16-11-2-1-3-12(8-11)19-14(9-18-15(19)17)10-4-6-13(20)7-5-10/h1-8,14,20H,9H2,(H2,17,18). The van der Waals surface area contributed by atoms with Crippen molar-refractivity contribution in [2.24, 2.45) is 10.7 Å². The molecule has 4 nitrogen and oxygen atoms in total. The van der Waals surface area contributed by atoms with E-state index >= 15 is 0 Å². The number of nitrogens with two attached hydrogens (primary N) is 1. The second-order valence-corrected chi connectivity index (χ2v) is 5.09. The van der Waals surface area contributed by atoms with E-state index in [9.17, 15) is 5.11 Å². The van der Waals surface area contributed by atoms with Gasteiger partial charge in [0.05, 0.1) is 12.6 Å². The van der Waals surface area contributed by atoms with E-state index in [2.05, 4.69) is 4.99 Å². The van der Waals surface area contributed by atoms with Crippen molar-refractivity contribution in [3.8, 4) is 5.75 Å². The van der Waals surface area contributed by atoms with Crippen LogP contribution in [0.2, 0.25) is 5.02 Å². The molecular weight excluding hydrogens is 274 g/mol. The third-order valence-corrected chi connectivity index (χ3v) is 3.58. The summed E-state index contributed by atoms with van der Waals surface area (Å²) in [4.78, 5) is 6.28. The van der Waals surface area contributed by atoms with Crippen LogP contribution in [0.1, 0.15) is 11.6 Å². The molecule has 1 aliphatic rings. The average Bonchev–Trinajstić information content (AvgIpc) is 2.81. The second kappa shape index (κ2) is 5.06. The molecule has 2 aromatic carbocycles. The molecule has 1 heterocycles. The highest BCUT2D eigenvalue weighted by Crippen LogP contribution is 2.32. The van der Waals surface area contributed by atoms with E-state index in [1.807, 2.05) is 41.3 Å². The minimum Gasteiger partial charge on any atom is -0.508 e. The lowest BCUT2D eigenvalue weighted by molar-refractivity contribution is 0.475. The van der Waals surface area contributed by atoms with Crippen LogP contribution in [-0.2, 0) is 0 Å². The van der Waals surface area contributed by atoms with Crippen LogP contribution in [-0.4, -0.2) is 17.6 Å². The molecule has 1 aliphatic heterocycles. The largest absolute Gasteiger partial charge is 0.508 e. The summed E-state index contributed by atoms with van der Waals surface area (Å²) < 4.78 is 0. The van der Waals surface area contributed by atoms with Gasteiger partial charge in [0.25, 0.3) is 0 Å². The number of anilines is 1. The summed E-state index contributed by atoms with van der Waals surface area (Å²) in [6.07, 6.45) is 0. The van der Waals surface area contributed by atoms with Crippen molar-refractivity contribution in [1.29, 1.82) is 0 Å². The molecule has 3 N–H and O–H groups in total. The molecule has 0 amide bonds. The van der Waals surface area contributed by atoms with Crippen molar-refractivity contribution in [3.05, 3.63) is 59.1 Å². The van der Waals surface area contributed by atoms with Gasteiger partial charge in [-0.05, 0) is 35.9 Å². The van der Waals surface area contributed by atoms with Crippen LogP contribution in [0.5, 0.6) is 5.75 Å². The van der Waals surface area contributed by atoms with E-state index in [4.69, 9.17) is 17.3 Å². The molecule has 5 heteroatoms. The molecule has 0 spiro atoms. The topological polar surface area (TPSA) is 61.9 Å². The summed E-state index contributed by atoms with van der Waals surface area (Å²) in [5.74, 6) is 0.722. The van der Waals surface area contributed by atoms with Crippen molar-refractivity contribution >= 4 is 23.2 Å². The van der Waals surface area contributed by atoms with Gasteiger partial charge in [0, 0.05) is 10.7 Å². The molecule has 0 fully saturated rings. The lowest BCUT2D eigenvalue weighted by Crippen LogP contribution is -2.36. The number of nitrogens with zero attached hydrogens (tertiary/aromatic N) is 2. The summed E-state index contributed by atoms with van der Waals surface area (Å²) in [6, 6.07) is 14.6. The van der Waals surface area contributed by atoms with Gasteiger partial charge in [-0.1, -0.05) is 29.8 Å². The van der Waals surface area contributed by atoms with Gasteiger partial charge < -0.3 is 15.7 Å². The van der Waals surface area contributed by atoms with Crippen molar-refractivity contribution in [3.63, 3.8) is 0 Å². The third-order valence-electron chi connectivity index (χ3n) is 3.35. The van der Waals surface area contributed by atoms with E-state index in [0.717, 1.165) is 11.3 Å². The molecule has 2 aromatic rings. The molecule has 0 radical (unpaired) electrons. The van der Waals surface area contributed by atoms with Crippen LogP contribution in [0.15, 0.2) is 53.5 Å². The fourth-order valence-corrected chi connectivity index (χ4v) is 2.57. The Labute approximate surface area is 122 Å². The Morgan fingerprint density at radius 3 is 2.65 bits per heavy atom. The van der Waals surface area contributed by atoms with Gasteiger partial charge in [-0.3, -0.25) is 4.99 Å². The Hall–Kier alpha value is -2.20. The smallest absolute Gasteiger partial charge is 0.196 e. The van der Waals surface area contributed by atoms with Crippen LogP contribution >= 0.6 is 11.6 Å². The predicted octanol–water partition coefficient (Wildman–Crippen LogP) is 2.92. The fourth-order valence-electron chi connectivity index (χ4n) is 2.39. The molecule has 3 rings (SSSR count). The maximum atomic E-state index is 9.39. The first-order valence-corrected chi connectivity index (χ1v) is 6.66. The van der Waals surface area contributed by atoms with Crippen LogP contribution < -0.4 is 10.6 Å². The molecule has 1 atom stereocenters. The van der Waals surface area contributed by atoms with E-state index in [-0.39, 0.29) is 11.8 Å². The molecule has 1 unspecified atom stereocenters. The number of benzene rings is 2. The van der Waals surface area contributed by atoms with E-state index in [0.29, 0.717) is 17.5 Å². The van der Waals surface area contributed by atoms with Crippen LogP contribution in [0, 0.1) is 0 Å². The van der Waals surface area contributed by atoms with Gasteiger partial charge in [-0.2, -0.15) is 0 Å². The van der Waals surface area contributed by atoms with Gasteiger partial charge in [0.2, 0.25) is 0 Å². The number of phenolic OH excluding ortho intramolecular Hbond substituents is 1. The Morgan fingerprint density at radius 2 is 1.95 bits per heavy atom. The quantitative estimate of drug-likeness (QED) is 0.893. The lowest BCUT2D eigenvalue weighted by Gasteiger charge is -2.26. The van der Waals surface area contributed by atoms with Gasteiger partial charge in [0.15, 0.2) is 5.96 Å². The fraction of sp³-hybridized carbons (Fsp3) is 0.133. The maximum absolute atomic E-state index is 9.39.